The first-order valence-electron chi connectivity index (χ1n) is 9.03. The lowest BCUT2D eigenvalue weighted by molar-refractivity contribution is -0.133. The first-order valence-corrected chi connectivity index (χ1v) is 10.8. The number of aliphatic carboxylic acids is 1. The van der Waals surface area contributed by atoms with Crippen molar-refractivity contribution in [1.82, 2.24) is 9.55 Å². The monoisotopic (exact) mass is 416 g/mol. The molecular formula is C20H20N2O4S2. The Hall–Kier alpha value is -2.16. The van der Waals surface area contributed by atoms with Crippen LogP contribution in [0.15, 0.2) is 40.3 Å². The molecule has 3 aromatic rings. The number of para-hydroxylation sites is 1. The molecule has 0 amide bonds. The summed E-state index contributed by atoms with van der Waals surface area (Å²) in [4.78, 5) is 31.0. The maximum atomic E-state index is 13.6. The van der Waals surface area contributed by atoms with Crippen molar-refractivity contribution in [3.05, 3.63) is 51.1 Å². The number of hydrogen-bond donors (Lipinski definition) is 1. The zero-order chi connectivity index (χ0) is 19.9. The largest absolute Gasteiger partial charge is 0.481 e. The SMILES string of the molecule is CC[C@]1(C)Cc2c(sc3nc(SCC(=O)O)n(-c4ccccc4)c(=O)c23)CO1. The number of carboxylic acid groups (broad SMARTS) is 1. The number of benzene rings is 1. The van der Waals surface area contributed by atoms with Gasteiger partial charge in [-0.05, 0) is 31.0 Å². The van der Waals surface area contributed by atoms with Crippen molar-refractivity contribution in [1.29, 1.82) is 0 Å². The van der Waals surface area contributed by atoms with E-state index in [1.165, 1.54) is 15.9 Å². The van der Waals surface area contributed by atoms with Crippen LogP contribution < -0.4 is 5.56 Å². The van der Waals surface area contributed by atoms with Gasteiger partial charge < -0.3 is 9.84 Å². The molecule has 1 aliphatic heterocycles. The molecule has 6 nitrogen and oxygen atoms in total. The second-order valence-electron chi connectivity index (χ2n) is 7.01. The molecule has 4 rings (SSSR count). The average Bonchev–Trinajstić information content (AvgIpc) is 3.04. The molecular weight excluding hydrogens is 396 g/mol. The number of thioether (sulfide) groups is 1. The van der Waals surface area contributed by atoms with Gasteiger partial charge in [-0.1, -0.05) is 36.9 Å². The number of fused-ring (bicyclic) bond motifs is 3. The van der Waals surface area contributed by atoms with Gasteiger partial charge in [0, 0.05) is 11.3 Å². The zero-order valence-corrected chi connectivity index (χ0v) is 17.2. The molecule has 146 valence electrons. The van der Waals surface area contributed by atoms with Gasteiger partial charge in [0.2, 0.25) is 0 Å². The third-order valence-corrected chi connectivity index (χ3v) is 7.09. The summed E-state index contributed by atoms with van der Waals surface area (Å²) in [6, 6.07) is 9.24. The van der Waals surface area contributed by atoms with Crippen molar-refractivity contribution in [2.24, 2.45) is 0 Å². The molecule has 8 heteroatoms. The zero-order valence-electron chi connectivity index (χ0n) is 15.6. The lowest BCUT2D eigenvalue weighted by Crippen LogP contribution is -2.34. The lowest BCUT2D eigenvalue weighted by Gasteiger charge is -2.32. The Bertz CT molecular complexity index is 1110. The van der Waals surface area contributed by atoms with Gasteiger partial charge in [-0.25, -0.2) is 4.98 Å². The van der Waals surface area contributed by atoms with Crippen molar-refractivity contribution < 1.29 is 14.6 Å². The van der Waals surface area contributed by atoms with Crippen LogP contribution >= 0.6 is 23.1 Å². The van der Waals surface area contributed by atoms with Crippen LogP contribution in [0.4, 0.5) is 0 Å². The van der Waals surface area contributed by atoms with Crippen molar-refractivity contribution >= 4 is 39.3 Å². The normalized spacial score (nSPS) is 18.9. The fourth-order valence-corrected chi connectivity index (χ4v) is 5.23. The topological polar surface area (TPSA) is 81.4 Å². The molecule has 1 N–H and O–H groups in total. The predicted octanol–water partition coefficient (Wildman–Crippen LogP) is 3.87. The maximum Gasteiger partial charge on any atom is 0.313 e. The smallest absolute Gasteiger partial charge is 0.313 e. The summed E-state index contributed by atoms with van der Waals surface area (Å²) in [5, 5.41) is 10.1. The quantitative estimate of drug-likeness (QED) is 0.502. The third-order valence-electron chi connectivity index (χ3n) is 5.07. The number of ether oxygens (including phenoxy) is 1. The van der Waals surface area contributed by atoms with Crippen LogP contribution in [-0.2, 0) is 22.6 Å². The Morgan fingerprint density at radius 1 is 1.39 bits per heavy atom. The van der Waals surface area contributed by atoms with Crippen LogP contribution in [0.2, 0.25) is 0 Å². The van der Waals surface area contributed by atoms with E-state index in [4.69, 9.17) is 9.84 Å². The van der Waals surface area contributed by atoms with Crippen molar-refractivity contribution in [2.75, 3.05) is 5.75 Å². The summed E-state index contributed by atoms with van der Waals surface area (Å²) < 4.78 is 7.55. The van der Waals surface area contributed by atoms with Crippen molar-refractivity contribution in [2.45, 2.75) is 44.1 Å². The number of carboxylic acids is 1. The minimum atomic E-state index is -0.948. The molecule has 0 bridgehead atoms. The van der Waals surface area contributed by atoms with E-state index in [9.17, 15) is 9.59 Å². The Labute approximate surface area is 170 Å². The second-order valence-corrected chi connectivity index (χ2v) is 9.03. The Balaban J connectivity index is 1.95. The fraction of sp³-hybridized carbons (Fsp3) is 0.350. The van der Waals surface area contributed by atoms with Crippen molar-refractivity contribution in [3.8, 4) is 5.69 Å². The number of nitrogens with zero attached hydrogens (tertiary/aromatic N) is 2. The van der Waals surface area contributed by atoms with E-state index in [-0.39, 0.29) is 16.9 Å². The molecule has 0 radical (unpaired) electrons. The molecule has 28 heavy (non-hydrogen) atoms. The van der Waals surface area contributed by atoms with Gasteiger partial charge in [0.25, 0.3) is 5.56 Å². The summed E-state index contributed by atoms with van der Waals surface area (Å²) in [6.07, 6.45) is 1.53. The molecule has 0 aliphatic carbocycles. The lowest BCUT2D eigenvalue weighted by atomic mass is 9.90. The van der Waals surface area contributed by atoms with Gasteiger partial charge in [-0.2, -0.15) is 0 Å². The van der Waals surface area contributed by atoms with Gasteiger partial charge in [-0.15, -0.1) is 11.3 Å². The highest BCUT2D eigenvalue weighted by Crippen LogP contribution is 2.39. The van der Waals surface area contributed by atoms with E-state index < -0.39 is 5.97 Å². The van der Waals surface area contributed by atoms with Crippen LogP contribution in [0.5, 0.6) is 0 Å². The molecule has 0 saturated carbocycles. The highest BCUT2D eigenvalue weighted by Gasteiger charge is 2.33. The van der Waals surface area contributed by atoms with Crippen LogP contribution in [0.1, 0.15) is 30.7 Å². The molecule has 1 aliphatic rings. The molecule has 0 fully saturated rings. The van der Waals surface area contributed by atoms with E-state index in [1.807, 2.05) is 30.3 Å². The number of hydrogen-bond acceptors (Lipinski definition) is 6. The highest BCUT2D eigenvalue weighted by atomic mass is 32.2. The molecule has 0 saturated heterocycles. The molecule has 0 spiro atoms. The Kier molecular flexibility index (Phi) is 5.03. The van der Waals surface area contributed by atoms with Crippen LogP contribution in [-0.4, -0.2) is 32.0 Å². The number of thiophene rings is 1. The molecule has 3 heterocycles. The minimum Gasteiger partial charge on any atom is -0.481 e. The predicted molar refractivity (Wildman–Crippen MR) is 111 cm³/mol. The van der Waals surface area contributed by atoms with Gasteiger partial charge in [0.15, 0.2) is 5.16 Å². The summed E-state index contributed by atoms with van der Waals surface area (Å²) in [6.45, 7) is 4.63. The number of rotatable bonds is 5. The molecule has 0 unspecified atom stereocenters. The minimum absolute atomic E-state index is 0.151. The Morgan fingerprint density at radius 3 is 2.82 bits per heavy atom. The summed E-state index contributed by atoms with van der Waals surface area (Å²) in [7, 11) is 0. The first kappa shape index (κ1) is 19.2. The molecule has 2 aromatic heterocycles. The third kappa shape index (κ3) is 3.36. The van der Waals surface area contributed by atoms with E-state index in [2.05, 4.69) is 18.8 Å². The number of carbonyl (C=O) groups is 1. The fourth-order valence-electron chi connectivity index (χ4n) is 3.36. The van der Waals surface area contributed by atoms with Crippen LogP contribution in [0, 0.1) is 0 Å². The van der Waals surface area contributed by atoms with Gasteiger partial charge in [-0.3, -0.25) is 14.2 Å². The standard InChI is InChI=1S/C20H20N2O4S2/c1-3-20(2)9-13-14(10-26-20)28-17-16(13)18(25)22(12-7-5-4-6-8-12)19(21-17)27-11-15(23)24/h4-8H,3,9-11H2,1-2H3,(H,23,24)/t20-/m1/s1. The Morgan fingerprint density at radius 2 is 2.14 bits per heavy atom. The molecule has 1 aromatic carbocycles. The average molecular weight is 417 g/mol. The first-order chi connectivity index (χ1) is 13.4. The molecule has 1 atom stereocenters. The van der Waals surface area contributed by atoms with Crippen LogP contribution in [0.3, 0.4) is 0 Å². The van der Waals surface area contributed by atoms with E-state index in [0.717, 1.165) is 28.6 Å². The van der Waals surface area contributed by atoms with E-state index in [0.29, 0.717) is 34.1 Å². The van der Waals surface area contributed by atoms with Crippen molar-refractivity contribution in [3.63, 3.8) is 0 Å². The second kappa shape index (κ2) is 7.35. The highest BCUT2D eigenvalue weighted by molar-refractivity contribution is 7.99. The summed E-state index contributed by atoms with van der Waals surface area (Å²) in [5.74, 6) is -1.11. The van der Waals surface area contributed by atoms with E-state index in [1.54, 1.807) is 0 Å². The maximum absolute atomic E-state index is 13.6. The van der Waals surface area contributed by atoms with Gasteiger partial charge in [0.1, 0.15) is 4.83 Å². The van der Waals surface area contributed by atoms with Gasteiger partial charge >= 0.3 is 5.97 Å². The van der Waals surface area contributed by atoms with E-state index >= 15 is 0 Å². The number of aromatic nitrogens is 2. The van der Waals surface area contributed by atoms with Gasteiger partial charge in [0.05, 0.1) is 29.0 Å². The summed E-state index contributed by atoms with van der Waals surface area (Å²) >= 11 is 2.52. The van der Waals surface area contributed by atoms with Crippen LogP contribution in [0.25, 0.3) is 15.9 Å². The summed E-state index contributed by atoms with van der Waals surface area (Å²) in [5.41, 5.74) is 1.26.